The molecular formula is C25H26N2O. The van der Waals surface area contributed by atoms with Crippen LogP contribution in [0, 0.1) is 12.8 Å². The number of nitrogens with zero attached hydrogens (tertiary/aromatic N) is 1. The topological polar surface area (TPSA) is 45.2 Å². The van der Waals surface area contributed by atoms with Gasteiger partial charge in [0.2, 0.25) is 5.56 Å². The molecular weight excluding hydrogens is 344 g/mol. The Hall–Kier alpha value is -2.94. The van der Waals surface area contributed by atoms with Gasteiger partial charge in [0.15, 0.2) is 0 Å². The van der Waals surface area contributed by atoms with E-state index in [0.717, 1.165) is 24.1 Å². The summed E-state index contributed by atoms with van der Waals surface area (Å²) >= 11 is 0. The van der Waals surface area contributed by atoms with E-state index < -0.39 is 5.54 Å². The lowest BCUT2D eigenvalue weighted by molar-refractivity contribution is 0.413. The predicted octanol–water partition coefficient (Wildman–Crippen LogP) is 5.13. The van der Waals surface area contributed by atoms with Crippen molar-refractivity contribution in [1.29, 1.82) is 0 Å². The van der Waals surface area contributed by atoms with Crippen molar-refractivity contribution < 1.29 is 0 Å². The Morgan fingerprint density at radius 2 is 2.07 bits per heavy atom. The number of aryl methyl sites for hydroxylation is 1. The summed E-state index contributed by atoms with van der Waals surface area (Å²) in [7, 11) is 0. The fourth-order valence-corrected chi connectivity index (χ4v) is 4.75. The summed E-state index contributed by atoms with van der Waals surface area (Å²) in [6, 6.07) is 12.0. The third kappa shape index (κ3) is 3.22. The van der Waals surface area contributed by atoms with Crippen molar-refractivity contribution in [3.8, 4) is 0 Å². The van der Waals surface area contributed by atoms with Crippen LogP contribution in [0.25, 0.3) is 6.08 Å². The van der Waals surface area contributed by atoms with Crippen molar-refractivity contribution in [2.75, 3.05) is 0 Å². The normalized spacial score (nSPS) is 25.3. The zero-order valence-electron chi connectivity index (χ0n) is 16.7. The van der Waals surface area contributed by atoms with Crippen LogP contribution in [-0.4, -0.2) is 11.2 Å². The SMILES string of the molecule is CC=C1[C@H]2C=C(C)C[C@]1(N=CC=Cc1cccc(C)c1)c1ccc(=O)[nH]c1C2. The molecule has 2 aliphatic carbocycles. The van der Waals surface area contributed by atoms with Crippen LogP contribution in [0.2, 0.25) is 0 Å². The van der Waals surface area contributed by atoms with Gasteiger partial charge in [0.25, 0.3) is 0 Å². The first-order valence-corrected chi connectivity index (χ1v) is 9.87. The second kappa shape index (κ2) is 7.23. The number of benzene rings is 1. The van der Waals surface area contributed by atoms with Crippen LogP contribution in [0.1, 0.15) is 42.7 Å². The minimum atomic E-state index is -0.424. The highest BCUT2D eigenvalue weighted by Gasteiger charge is 2.46. The Labute approximate surface area is 166 Å². The van der Waals surface area contributed by atoms with E-state index in [9.17, 15) is 4.79 Å². The first kappa shape index (κ1) is 18.4. The van der Waals surface area contributed by atoms with Gasteiger partial charge in [-0.3, -0.25) is 9.79 Å². The quantitative estimate of drug-likeness (QED) is 0.591. The van der Waals surface area contributed by atoms with E-state index >= 15 is 0 Å². The smallest absolute Gasteiger partial charge is 0.248 e. The van der Waals surface area contributed by atoms with Gasteiger partial charge in [-0.15, -0.1) is 0 Å². The second-order valence-corrected chi connectivity index (χ2v) is 7.87. The molecule has 0 saturated carbocycles. The third-order valence-electron chi connectivity index (χ3n) is 5.79. The number of aliphatic imine (C=N–C) groups is 1. The van der Waals surface area contributed by atoms with Gasteiger partial charge in [-0.1, -0.05) is 53.6 Å². The number of H-pyrrole nitrogens is 1. The highest BCUT2D eigenvalue weighted by Crippen LogP contribution is 2.51. The molecule has 0 unspecified atom stereocenters. The summed E-state index contributed by atoms with van der Waals surface area (Å²) in [5.74, 6) is 0.294. The van der Waals surface area contributed by atoms with Gasteiger partial charge in [-0.25, -0.2) is 0 Å². The molecule has 4 rings (SSSR count). The Kier molecular flexibility index (Phi) is 4.76. The Morgan fingerprint density at radius 3 is 2.86 bits per heavy atom. The standard InChI is InChI=1S/C25H26N2O/c1-4-21-20-14-18(3)16-25(21,22-10-11-24(28)27-23(22)15-20)26-12-6-9-19-8-5-7-17(2)13-19/h4-14,20H,15-16H2,1-3H3,(H,27,28)/t20-,25+/m0/s1. The van der Waals surface area contributed by atoms with Crippen LogP contribution in [0.15, 0.2) is 75.6 Å². The number of rotatable bonds is 3. The lowest BCUT2D eigenvalue weighted by Gasteiger charge is -2.45. The molecule has 0 radical (unpaired) electrons. The first-order valence-electron chi connectivity index (χ1n) is 9.87. The average Bonchev–Trinajstić information content (AvgIpc) is 2.64. The first-order chi connectivity index (χ1) is 13.5. The van der Waals surface area contributed by atoms with Gasteiger partial charge in [0.05, 0.1) is 0 Å². The average molecular weight is 370 g/mol. The molecule has 2 atom stereocenters. The molecule has 1 aromatic heterocycles. The largest absolute Gasteiger partial charge is 0.326 e. The highest BCUT2D eigenvalue weighted by molar-refractivity contribution is 5.79. The molecule has 3 heteroatoms. The lowest BCUT2D eigenvalue weighted by Crippen LogP contribution is -2.40. The molecule has 2 aliphatic rings. The summed E-state index contributed by atoms with van der Waals surface area (Å²) in [6.07, 6.45) is 12.2. The Morgan fingerprint density at radius 1 is 1.21 bits per heavy atom. The maximum absolute atomic E-state index is 11.9. The van der Waals surface area contributed by atoms with Crippen molar-refractivity contribution >= 4 is 12.3 Å². The maximum Gasteiger partial charge on any atom is 0.248 e. The van der Waals surface area contributed by atoms with Crippen LogP contribution in [-0.2, 0) is 12.0 Å². The van der Waals surface area contributed by atoms with E-state index in [0.29, 0.717) is 5.92 Å². The van der Waals surface area contributed by atoms with Gasteiger partial charge >= 0.3 is 0 Å². The van der Waals surface area contributed by atoms with Crippen LogP contribution >= 0.6 is 0 Å². The van der Waals surface area contributed by atoms with E-state index in [2.05, 4.69) is 68.2 Å². The second-order valence-electron chi connectivity index (χ2n) is 7.87. The number of hydrogen-bond donors (Lipinski definition) is 1. The van der Waals surface area contributed by atoms with E-state index in [1.54, 1.807) is 6.07 Å². The number of pyridine rings is 1. The van der Waals surface area contributed by atoms with E-state index in [1.165, 1.54) is 22.3 Å². The maximum atomic E-state index is 11.9. The van der Waals surface area contributed by atoms with Crippen molar-refractivity contribution in [3.63, 3.8) is 0 Å². The molecule has 1 aromatic carbocycles. The summed E-state index contributed by atoms with van der Waals surface area (Å²) < 4.78 is 0. The zero-order valence-corrected chi connectivity index (χ0v) is 16.7. The molecule has 0 aliphatic heterocycles. The summed E-state index contributed by atoms with van der Waals surface area (Å²) in [6.45, 7) is 6.38. The number of aromatic nitrogens is 1. The summed E-state index contributed by atoms with van der Waals surface area (Å²) in [5.41, 5.74) is 6.78. The van der Waals surface area contributed by atoms with Crippen LogP contribution in [0.5, 0.6) is 0 Å². The van der Waals surface area contributed by atoms with E-state index in [1.807, 2.05) is 18.4 Å². The molecule has 142 valence electrons. The predicted molar refractivity (Wildman–Crippen MR) is 117 cm³/mol. The van der Waals surface area contributed by atoms with Gasteiger partial charge in [0.1, 0.15) is 5.54 Å². The number of fused-ring (bicyclic) bond motifs is 4. The molecule has 2 aromatic rings. The molecule has 0 amide bonds. The van der Waals surface area contributed by atoms with E-state index in [4.69, 9.17) is 4.99 Å². The fourth-order valence-electron chi connectivity index (χ4n) is 4.75. The van der Waals surface area contributed by atoms with Gasteiger partial charge < -0.3 is 4.98 Å². The molecule has 0 spiro atoms. The molecule has 2 bridgehead atoms. The lowest BCUT2D eigenvalue weighted by atomic mass is 9.63. The van der Waals surface area contributed by atoms with Gasteiger partial charge in [-0.05, 0) is 50.5 Å². The van der Waals surface area contributed by atoms with Crippen molar-refractivity contribution in [3.05, 3.63) is 98.5 Å². The summed E-state index contributed by atoms with van der Waals surface area (Å²) in [4.78, 5) is 20.1. The van der Waals surface area contributed by atoms with Crippen molar-refractivity contribution in [1.82, 2.24) is 4.98 Å². The molecule has 28 heavy (non-hydrogen) atoms. The van der Waals surface area contributed by atoms with Crippen molar-refractivity contribution in [2.24, 2.45) is 10.9 Å². The Bertz CT molecular complexity index is 1080. The minimum absolute atomic E-state index is 0.0417. The molecule has 0 saturated heterocycles. The van der Waals surface area contributed by atoms with E-state index in [-0.39, 0.29) is 5.56 Å². The van der Waals surface area contributed by atoms with Gasteiger partial charge in [-0.2, -0.15) is 0 Å². The number of aromatic amines is 1. The third-order valence-corrected chi connectivity index (χ3v) is 5.79. The van der Waals surface area contributed by atoms with Crippen LogP contribution in [0.4, 0.5) is 0 Å². The number of allylic oxidation sites excluding steroid dienone is 3. The monoisotopic (exact) mass is 370 g/mol. The Balaban J connectivity index is 1.77. The highest BCUT2D eigenvalue weighted by atomic mass is 16.1. The molecule has 1 N–H and O–H groups in total. The van der Waals surface area contributed by atoms with Gasteiger partial charge in [0, 0.05) is 35.9 Å². The summed E-state index contributed by atoms with van der Waals surface area (Å²) in [5, 5.41) is 0. The van der Waals surface area contributed by atoms with Crippen LogP contribution in [0.3, 0.4) is 0 Å². The fraction of sp³-hybridized carbons (Fsp3) is 0.280. The molecule has 0 fully saturated rings. The minimum Gasteiger partial charge on any atom is -0.326 e. The molecule has 1 heterocycles. The van der Waals surface area contributed by atoms with Crippen LogP contribution < -0.4 is 5.56 Å². The van der Waals surface area contributed by atoms with Crippen molar-refractivity contribution in [2.45, 2.75) is 39.2 Å². The number of nitrogens with one attached hydrogen (secondary N) is 1. The molecule has 3 nitrogen and oxygen atoms in total. The number of hydrogen-bond acceptors (Lipinski definition) is 2. The zero-order chi connectivity index (χ0) is 19.7.